The summed E-state index contributed by atoms with van der Waals surface area (Å²) < 4.78 is 10.9. The van der Waals surface area contributed by atoms with Crippen molar-refractivity contribution in [3.8, 4) is 0 Å². The van der Waals surface area contributed by atoms with Crippen LogP contribution in [0.1, 0.15) is 20.3 Å². The average Bonchev–Trinajstić information content (AvgIpc) is 2.14. The zero-order valence-electron chi connectivity index (χ0n) is 11.3. The maximum Gasteiger partial charge on any atom is 0.337 e. The van der Waals surface area contributed by atoms with Gasteiger partial charge in [-0.3, -0.25) is 0 Å². The normalized spacial score (nSPS) is 13.3. The molecule has 0 bridgehead atoms. The SMILES string of the molecule is CC(O[Si](C)(C)C)=C(C)C(=O)OCCC[SiH3]. The molecule has 0 fully saturated rings. The second kappa shape index (κ2) is 6.90. The number of hydrogen-bond acceptors (Lipinski definition) is 3. The molecule has 0 saturated carbocycles. The molecule has 0 aromatic rings. The van der Waals surface area contributed by atoms with Crippen LogP contribution in [0.4, 0.5) is 0 Å². The van der Waals surface area contributed by atoms with Gasteiger partial charge in [-0.05, 0) is 39.9 Å². The van der Waals surface area contributed by atoms with Crippen LogP contribution in [0.5, 0.6) is 0 Å². The van der Waals surface area contributed by atoms with Crippen molar-refractivity contribution in [1.82, 2.24) is 0 Å². The first-order valence-corrected chi connectivity index (χ1v) is 10.6. The Balaban J connectivity index is 4.33. The van der Waals surface area contributed by atoms with Crippen LogP contribution in [0.2, 0.25) is 25.7 Å². The molecule has 0 rings (SSSR count). The molecule has 0 N–H and O–H groups in total. The molecule has 3 nitrogen and oxygen atoms in total. The lowest BCUT2D eigenvalue weighted by Crippen LogP contribution is -2.25. The largest absolute Gasteiger partial charge is 0.547 e. The Morgan fingerprint density at radius 1 is 1.25 bits per heavy atom. The molecule has 0 radical (unpaired) electrons. The van der Waals surface area contributed by atoms with E-state index in [2.05, 4.69) is 19.6 Å². The van der Waals surface area contributed by atoms with Gasteiger partial charge in [0.2, 0.25) is 8.32 Å². The molecule has 0 aromatic carbocycles. The number of hydrogen-bond donors (Lipinski definition) is 0. The van der Waals surface area contributed by atoms with Crippen molar-refractivity contribution in [2.24, 2.45) is 0 Å². The third-order valence-electron chi connectivity index (χ3n) is 2.02. The number of allylic oxidation sites excluding steroid dienone is 1. The van der Waals surface area contributed by atoms with Gasteiger partial charge < -0.3 is 9.16 Å². The summed E-state index contributed by atoms with van der Waals surface area (Å²) in [5, 5.41) is 0. The van der Waals surface area contributed by atoms with E-state index >= 15 is 0 Å². The van der Waals surface area contributed by atoms with E-state index in [-0.39, 0.29) is 5.97 Å². The number of ether oxygens (including phenoxy) is 1. The van der Waals surface area contributed by atoms with Gasteiger partial charge in [-0.15, -0.1) is 0 Å². The molecular formula is C11H24O3Si2. The van der Waals surface area contributed by atoms with Gasteiger partial charge in [0.25, 0.3) is 0 Å². The third-order valence-corrected chi connectivity index (χ3v) is 3.65. The van der Waals surface area contributed by atoms with Crippen molar-refractivity contribution < 1.29 is 14.0 Å². The molecule has 0 spiro atoms. The molecule has 0 unspecified atom stereocenters. The van der Waals surface area contributed by atoms with Gasteiger partial charge in [-0.2, -0.15) is 0 Å². The molecule has 0 amide bonds. The zero-order valence-corrected chi connectivity index (χ0v) is 14.3. The van der Waals surface area contributed by atoms with Crippen LogP contribution in [-0.2, 0) is 14.0 Å². The van der Waals surface area contributed by atoms with Crippen LogP contribution in [-0.4, -0.2) is 31.1 Å². The number of rotatable bonds is 6. The molecule has 0 saturated heterocycles. The monoisotopic (exact) mass is 260 g/mol. The van der Waals surface area contributed by atoms with Gasteiger partial charge in [0.05, 0.1) is 17.9 Å². The highest BCUT2D eigenvalue weighted by Crippen LogP contribution is 2.14. The Kier molecular flexibility index (Phi) is 6.66. The van der Waals surface area contributed by atoms with E-state index in [4.69, 9.17) is 9.16 Å². The Hall–Kier alpha value is -0.556. The van der Waals surface area contributed by atoms with E-state index in [1.54, 1.807) is 6.92 Å². The lowest BCUT2D eigenvalue weighted by molar-refractivity contribution is -0.139. The Labute approximate surface area is 103 Å². The molecule has 16 heavy (non-hydrogen) atoms. The van der Waals surface area contributed by atoms with Gasteiger partial charge in [-0.1, -0.05) is 6.04 Å². The first-order chi connectivity index (χ1) is 7.28. The lowest BCUT2D eigenvalue weighted by Gasteiger charge is -2.20. The Bertz CT molecular complexity index is 267. The molecule has 0 aromatic heterocycles. The summed E-state index contributed by atoms with van der Waals surface area (Å²) in [6, 6.07) is 1.17. The van der Waals surface area contributed by atoms with Crippen molar-refractivity contribution in [3.63, 3.8) is 0 Å². The van der Waals surface area contributed by atoms with Gasteiger partial charge in [0.15, 0.2) is 0 Å². The number of carbonyl (C=O) groups excluding carboxylic acids is 1. The summed E-state index contributed by atoms with van der Waals surface area (Å²) in [5.41, 5.74) is 0.593. The molecule has 5 heteroatoms. The van der Waals surface area contributed by atoms with Crippen LogP contribution in [0.25, 0.3) is 0 Å². The van der Waals surface area contributed by atoms with Crippen molar-refractivity contribution in [1.29, 1.82) is 0 Å². The quantitative estimate of drug-likeness (QED) is 0.240. The van der Waals surface area contributed by atoms with Gasteiger partial charge in [0.1, 0.15) is 0 Å². The predicted molar refractivity (Wildman–Crippen MR) is 73.1 cm³/mol. The van der Waals surface area contributed by atoms with Gasteiger partial charge in [0, 0.05) is 10.2 Å². The average molecular weight is 260 g/mol. The second-order valence-electron chi connectivity index (χ2n) is 4.89. The van der Waals surface area contributed by atoms with Gasteiger partial charge >= 0.3 is 5.97 Å². The second-order valence-corrected chi connectivity index (χ2v) is 10.3. The molecule has 0 heterocycles. The van der Waals surface area contributed by atoms with Crippen LogP contribution >= 0.6 is 0 Å². The van der Waals surface area contributed by atoms with Crippen molar-refractivity contribution >= 4 is 24.5 Å². The minimum atomic E-state index is -1.63. The lowest BCUT2D eigenvalue weighted by atomic mass is 10.3. The van der Waals surface area contributed by atoms with Crippen LogP contribution in [0.3, 0.4) is 0 Å². The first kappa shape index (κ1) is 15.4. The fraction of sp³-hybridized carbons (Fsp3) is 0.727. The molecular weight excluding hydrogens is 236 g/mol. The summed E-state index contributed by atoms with van der Waals surface area (Å²) in [5.74, 6) is 0.459. The molecule has 94 valence electrons. The smallest absolute Gasteiger partial charge is 0.337 e. The van der Waals surface area contributed by atoms with E-state index in [0.717, 1.165) is 16.7 Å². The third kappa shape index (κ3) is 6.84. The summed E-state index contributed by atoms with van der Waals surface area (Å²) in [6.07, 6.45) is 0.971. The summed E-state index contributed by atoms with van der Waals surface area (Å²) in [7, 11) is -0.463. The molecule has 0 aliphatic carbocycles. The highest BCUT2D eigenvalue weighted by atomic mass is 28.4. The van der Waals surface area contributed by atoms with E-state index in [1.807, 2.05) is 6.92 Å². The molecule has 0 aliphatic heterocycles. The minimum Gasteiger partial charge on any atom is -0.547 e. The number of carbonyl (C=O) groups is 1. The van der Waals surface area contributed by atoms with Crippen LogP contribution in [0.15, 0.2) is 11.3 Å². The standard InChI is InChI=1S/C11H24O3Si2/c1-9(10(2)14-16(3,4)5)11(12)13-7-6-8-15/h6-8H2,1-5,15H3. The topological polar surface area (TPSA) is 35.5 Å². The van der Waals surface area contributed by atoms with Crippen molar-refractivity contribution in [2.75, 3.05) is 6.61 Å². The summed E-state index contributed by atoms with van der Waals surface area (Å²) in [6.45, 7) is 10.4. The van der Waals surface area contributed by atoms with Gasteiger partial charge in [-0.25, -0.2) is 4.79 Å². The van der Waals surface area contributed by atoms with E-state index in [9.17, 15) is 4.79 Å². The fourth-order valence-electron chi connectivity index (χ4n) is 1.10. The van der Waals surface area contributed by atoms with E-state index in [1.165, 1.54) is 6.04 Å². The van der Waals surface area contributed by atoms with Crippen molar-refractivity contribution in [3.05, 3.63) is 11.3 Å². The number of esters is 1. The van der Waals surface area contributed by atoms with E-state index in [0.29, 0.717) is 17.9 Å². The Morgan fingerprint density at radius 2 is 1.81 bits per heavy atom. The summed E-state index contributed by atoms with van der Waals surface area (Å²) >= 11 is 0. The van der Waals surface area contributed by atoms with Crippen LogP contribution < -0.4 is 0 Å². The maximum atomic E-state index is 11.6. The van der Waals surface area contributed by atoms with E-state index < -0.39 is 8.32 Å². The minimum absolute atomic E-state index is 0.245. The zero-order chi connectivity index (χ0) is 12.8. The predicted octanol–water partition coefficient (Wildman–Crippen LogP) is 1.85. The summed E-state index contributed by atoms with van der Waals surface area (Å²) in [4.78, 5) is 11.6. The highest BCUT2D eigenvalue weighted by Gasteiger charge is 2.19. The van der Waals surface area contributed by atoms with Crippen molar-refractivity contribution in [2.45, 2.75) is 46.0 Å². The van der Waals surface area contributed by atoms with Crippen LogP contribution in [0, 0.1) is 0 Å². The fourth-order valence-corrected chi connectivity index (χ4v) is 2.46. The molecule has 0 aliphatic rings. The maximum absolute atomic E-state index is 11.6. The Morgan fingerprint density at radius 3 is 2.25 bits per heavy atom. The molecule has 0 atom stereocenters. The first-order valence-electron chi connectivity index (χ1n) is 5.81. The highest BCUT2D eigenvalue weighted by molar-refractivity contribution is 6.70.